The third kappa shape index (κ3) is 6.12. The molecule has 0 aliphatic heterocycles. The third-order valence-corrected chi connectivity index (χ3v) is 7.36. The molecule has 0 radical (unpaired) electrons. The molecule has 0 bridgehead atoms. The van der Waals surface area contributed by atoms with Gasteiger partial charge in [0.25, 0.3) is 5.56 Å². The standard InChI is InChI=1S/C33H34N8O3/c1-4-25(37-29-24(19-36-2)28(34)39-33(35)40-29)30-38-26-12-8-9-21(16-13-20-14-17-22(18-15-20)32(43)44-3)27(26)31(42)41(30)23-10-6-5-7-11-23/h5-12,14-15,17-19,25H,4,13,16H2,1-3H3,(H5,34,35,37,39,40)/b36-19+/t25-/m0/s1. The molecule has 224 valence electrons. The Kier molecular flexibility index (Phi) is 8.94. The summed E-state index contributed by atoms with van der Waals surface area (Å²) < 4.78 is 6.45. The van der Waals surface area contributed by atoms with E-state index in [1.807, 2.05) is 67.6 Å². The molecule has 0 aliphatic rings. The Morgan fingerprint density at radius 1 is 1.00 bits per heavy atom. The zero-order chi connectivity index (χ0) is 31.2. The predicted octanol–water partition coefficient (Wildman–Crippen LogP) is 4.52. The van der Waals surface area contributed by atoms with Crippen LogP contribution >= 0.6 is 0 Å². The predicted molar refractivity (Wildman–Crippen MR) is 174 cm³/mol. The number of nitrogen functional groups attached to an aromatic ring is 2. The number of hydrogen-bond acceptors (Lipinski definition) is 10. The zero-order valence-corrected chi connectivity index (χ0v) is 24.8. The number of para-hydroxylation sites is 1. The molecule has 5 N–H and O–H groups in total. The molecule has 0 spiro atoms. The van der Waals surface area contributed by atoms with Gasteiger partial charge in [-0.25, -0.2) is 9.78 Å². The summed E-state index contributed by atoms with van der Waals surface area (Å²) in [6.07, 6.45) is 3.41. The lowest BCUT2D eigenvalue weighted by Gasteiger charge is -2.23. The number of nitrogens with zero attached hydrogens (tertiary/aromatic N) is 5. The van der Waals surface area contributed by atoms with Gasteiger partial charge in [0.1, 0.15) is 17.5 Å². The van der Waals surface area contributed by atoms with E-state index in [-0.39, 0.29) is 23.3 Å². The van der Waals surface area contributed by atoms with Crippen molar-refractivity contribution in [2.45, 2.75) is 32.2 Å². The van der Waals surface area contributed by atoms with Crippen LogP contribution in [-0.4, -0.2) is 45.9 Å². The summed E-state index contributed by atoms with van der Waals surface area (Å²) in [6.45, 7) is 1.99. The van der Waals surface area contributed by atoms with Gasteiger partial charge in [-0.1, -0.05) is 49.4 Å². The molecule has 2 heterocycles. The van der Waals surface area contributed by atoms with Crippen molar-refractivity contribution in [2.75, 3.05) is 30.9 Å². The van der Waals surface area contributed by atoms with Gasteiger partial charge in [-0.3, -0.25) is 14.4 Å². The van der Waals surface area contributed by atoms with E-state index >= 15 is 0 Å². The number of anilines is 3. The van der Waals surface area contributed by atoms with Gasteiger partial charge in [0.05, 0.1) is 40.9 Å². The maximum Gasteiger partial charge on any atom is 0.337 e. The van der Waals surface area contributed by atoms with E-state index in [4.69, 9.17) is 21.2 Å². The molecular weight excluding hydrogens is 556 g/mol. The quantitative estimate of drug-likeness (QED) is 0.157. The highest BCUT2D eigenvalue weighted by Crippen LogP contribution is 2.28. The van der Waals surface area contributed by atoms with Crippen LogP contribution in [0.1, 0.15) is 52.3 Å². The normalized spacial score (nSPS) is 12.0. The molecule has 0 aliphatic carbocycles. The van der Waals surface area contributed by atoms with Gasteiger partial charge in [-0.15, -0.1) is 0 Å². The molecule has 2 aromatic heterocycles. The van der Waals surface area contributed by atoms with E-state index in [0.717, 1.165) is 11.1 Å². The van der Waals surface area contributed by atoms with Gasteiger partial charge in [-0.2, -0.15) is 9.97 Å². The first-order valence-electron chi connectivity index (χ1n) is 14.2. The van der Waals surface area contributed by atoms with Crippen molar-refractivity contribution >= 4 is 40.7 Å². The van der Waals surface area contributed by atoms with Gasteiger partial charge in [-0.05, 0) is 60.7 Å². The number of carbonyl (C=O) groups is 1. The van der Waals surface area contributed by atoms with Crippen LogP contribution in [0.2, 0.25) is 0 Å². The Bertz CT molecular complexity index is 1890. The molecule has 3 aromatic carbocycles. The number of aromatic nitrogens is 4. The van der Waals surface area contributed by atoms with E-state index in [1.165, 1.54) is 7.11 Å². The Labute approximate surface area is 254 Å². The molecule has 0 saturated carbocycles. The van der Waals surface area contributed by atoms with Crippen LogP contribution in [-0.2, 0) is 17.6 Å². The minimum Gasteiger partial charge on any atom is -0.465 e. The molecule has 5 rings (SSSR count). The van der Waals surface area contributed by atoms with E-state index in [9.17, 15) is 9.59 Å². The summed E-state index contributed by atoms with van der Waals surface area (Å²) in [6, 6.07) is 22.0. The summed E-state index contributed by atoms with van der Waals surface area (Å²) in [5, 5.41) is 3.95. The number of rotatable bonds is 10. The average Bonchev–Trinajstić information content (AvgIpc) is 3.04. The van der Waals surface area contributed by atoms with Crippen LogP contribution in [0.4, 0.5) is 17.6 Å². The lowest BCUT2D eigenvalue weighted by molar-refractivity contribution is 0.0600. The fourth-order valence-electron chi connectivity index (χ4n) is 5.17. The van der Waals surface area contributed by atoms with Crippen LogP contribution in [0.25, 0.3) is 16.6 Å². The Morgan fingerprint density at radius 3 is 2.43 bits per heavy atom. The van der Waals surface area contributed by atoms with E-state index in [0.29, 0.717) is 58.6 Å². The number of benzene rings is 3. The molecule has 0 amide bonds. The first kappa shape index (κ1) is 29.9. The summed E-state index contributed by atoms with van der Waals surface area (Å²) in [5.41, 5.74) is 16.1. The summed E-state index contributed by atoms with van der Waals surface area (Å²) in [4.78, 5) is 43.9. The number of esters is 1. The molecule has 44 heavy (non-hydrogen) atoms. The molecule has 0 saturated heterocycles. The lowest BCUT2D eigenvalue weighted by atomic mass is 10.00. The monoisotopic (exact) mass is 590 g/mol. The molecule has 11 nitrogen and oxygen atoms in total. The maximum atomic E-state index is 14.4. The molecule has 11 heteroatoms. The van der Waals surface area contributed by atoms with Crippen molar-refractivity contribution in [3.63, 3.8) is 0 Å². The number of nitrogens with one attached hydrogen (secondary N) is 1. The topological polar surface area (TPSA) is 163 Å². The highest BCUT2D eigenvalue weighted by Gasteiger charge is 2.23. The Balaban J connectivity index is 1.60. The number of nitrogens with two attached hydrogens (primary N) is 2. The van der Waals surface area contributed by atoms with Crippen molar-refractivity contribution in [1.29, 1.82) is 0 Å². The van der Waals surface area contributed by atoms with Gasteiger partial charge >= 0.3 is 5.97 Å². The zero-order valence-electron chi connectivity index (χ0n) is 24.8. The lowest BCUT2D eigenvalue weighted by Crippen LogP contribution is -2.29. The number of ether oxygens (including phenoxy) is 1. The van der Waals surface area contributed by atoms with Crippen molar-refractivity contribution in [1.82, 2.24) is 19.5 Å². The van der Waals surface area contributed by atoms with E-state index < -0.39 is 6.04 Å². The second-order valence-corrected chi connectivity index (χ2v) is 10.2. The minimum atomic E-state index is -0.443. The highest BCUT2D eigenvalue weighted by molar-refractivity contribution is 5.92. The second-order valence-electron chi connectivity index (χ2n) is 10.2. The number of carbonyl (C=O) groups excluding carboxylic acids is 1. The molecule has 0 fully saturated rings. The molecule has 0 unspecified atom stereocenters. The van der Waals surface area contributed by atoms with Gasteiger partial charge in [0, 0.05) is 13.3 Å². The van der Waals surface area contributed by atoms with Gasteiger partial charge in [0.2, 0.25) is 5.95 Å². The second kappa shape index (κ2) is 13.2. The van der Waals surface area contributed by atoms with Crippen molar-refractivity contribution in [3.05, 3.63) is 111 Å². The van der Waals surface area contributed by atoms with Crippen LogP contribution in [0.3, 0.4) is 0 Å². The summed E-state index contributed by atoms with van der Waals surface area (Å²) in [7, 11) is 2.99. The molecule has 5 aromatic rings. The van der Waals surface area contributed by atoms with Crippen molar-refractivity contribution < 1.29 is 9.53 Å². The van der Waals surface area contributed by atoms with Crippen LogP contribution < -0.4 is 22.3 Å². The average molecular weight is 591 g/mol. The summed E-state index contributed by atoms with van der Waals surface area (Å²) in [5.74, 6) is 0.743. The third-order valence-electron chi connectivity index (χ3n) is 7.36. The highest BCUT2D eigenvalue weighted by atomic mass is 16.5. The maximum absolute atomic E-state index is 14.4. The fraction of sp³-hybridized carbons (Fsp3) is 0.212. The largest absolute Gasteiger partial charge is 0.465 e. The summed E-state index contributed by atoms with van der Waals surface area (Å²) >= 11 is 0. The first-order chi connectivity index (χ1) is 21.3. The Hall–Kier alpha value is -5.58. The van der Waals surface area contributed by atoms with Crippen molar-refractivity contribution in [3.8, 4) is 5.69 Å². The Morgan fingerprint density at radius 2 is 1.75 bits per heavy atom. The number of hydrogen-bond donors (Lipinski definition) is 3. The fourth-order valence-corrected chi connectivity index (χ4v) is 5.17. The van der Waals surface area contributed by atoms with Crippen molar-refractivity contribution in [2.24, 2.45) is 4.99 Å². The van der Waals surface area contributed by atoms with Crippen LogP contribution in [0, 0.1) is 0 Å². The molecular formula is C33H34N8O3. The van der Waals surface area contributed by atoms with Crippen LogP contribution in [0.15, 0.2) is 82.6 Å². The number of aryl methyl sites for hydroxylation is 2. The van der Waals surface area contributed by atoms with Gasteiger partial charge < -0.3 is 21.5 Å². The number of fused-ring (bicyclic) bond motifs is 1. The van der Waals surface area contributed by atoms with E-state index in [2.05, 4.69) is 20.3 Å². The smallest absolute Gasteiger partial charge is 0.337 e. The number of aliphatic imine (C=N–C) groups is 1. The van der Waals surface area contributed by atoms with E-state index in [1.54, 1.807) is 30.0 Å². The van der Waals surface area contributed by atoms with Gasteiger partial charge in [0.15, 0.2) is 0 Å². The molecule has 1 atom stereocenters. The first-order valence-corrected chi connectivity index (χ1v) is 14.2. The SMILES string of the molecule is CC[C@H](Nc1nc(N)nc(N)c1/C=N/C)c1nc2cccc(CCc3ccc(C(=O)OC)cc3)c2c(=O)n1-c1ccccc1. The van der Waals surface area contributed by atoms with Crippen LogP contribution in [0.5, 0.6) is 0 Å². The number of methoxy groups -OCH3 is 1. The minimum absolute atomic E-state index is 0.0182.